The van der Waals surface area contributed by atoms with Crippen LogP contribution in [0.1, 0.15) is 84.9 Å². The largest absolute Gasteiger partial charge is 0.507 e. The standard InChI is InChI=1S/C20H32O3/c1-9-10-20(8,17(22)23)13-11-14(18(2,3)4)16(21)15(12-13)19(5,6)7/h11-12,21H,9-10H2,1-8H3,(H,22,23). The van der Waals surface area contributed by atoms with Gasteiger partial charge in [0.2, 0.25) is 0 Å². The second-order valence-corrected chi connectivity index (χ2v) is 8.81. The van der Waals surface area contributed by atoms with Crippen LogP contribution in [0.4, 0.5) is 0 Å². The highest BCUT2D eigenvalue weighted by Gasteiger charge is 2.37. The van der Waals surface area contributed by atoms with Crippen LogP contribution in [0.15, 0.2) is 12.1 Å². The lowest BCUT2D eigenvalue weighted by Crippen LogP contribution is -2.33. The van der Waals surface area contributed by atoms with E-state index in [2.05, 4.69) is 0 Å². The normalized spacial score (nSPS) is 15.3. The van der Waals surface area contributed by atoms with Gasteiger partial charge in [0.15, 0.2) is 0 Å². The maximum Gasteiger partial charge on any atom is 0.313 e. The molecule has 1 aromatic rings. The van der Waals surface area contributed by atoms with Crippen molar-refractivity contribution in [2.75, 3.05) is 0 Å². The van der Waals surface area contributed by atoms with Gasteiger partial charge in [-0.1, -0.05) is 67.0 Å². The minimum absolute atomic E-state index is 0.258. The first-order valence-corrected chi connectivity index (χ1v) is 8.37. The fourth-order valence-corrected chi connectivity index (χ4v) is 2.97. The molecule has 0 bridgehead atoms. The molecule has 0 aliphatic heterocycles. The average molecular weight is 320 g/mol. The van der Waals surface area contributed by atoms with E-state index in [0.29, 0.717) is 6.42 Å². The number of phenolic OH excluding ortho intramolecular Hbond substituents is 1. The number of carbonyl (C=O) groups is 1. The first kappa shape index (κ1) is 19.5. The second-order valence-electron chi connectivity index (χ2n) is 8.81. The molecule has 1 rings (SSSR count). The predicted molar refractivity (Wildman–Crippen MR) is 95.4 cm³/mol. The van der Waals surface area contributed by atoms with Gasteiger partial charge in [0.1, 0.15) is 5.75 Å². The first-order chi connectivity index (χ1) is 10.2. The molecular weight excluding hydrogens is 288 g/mol. The zero-order valence-corrected chi connectivity index (χ0v) is 15.9. The molecule has 1 atom stereocenters. The maximum atomic E-state index is 12.0. The van der Waals surface area contributed by atoms with Gasteiger partial charge in [-0.3, -0.25) is 4.79 Å². The Morgan fingerprint density at radius 2 is 1.35 bits per heavy atom. The maximum absolute atomic E-state index is 12.0. The van der Waals surface area contributed by atoms with Gasteiger partial charge in [-0.15, -0.1) is 0 Å². The Bertz CT molecular complexity index is 553. The molecular formula is C20H32O3. The van der Waals surface area contributed by atoms with Crippen LogP contribution < -0.4 is 0 Å². The summed E-state index contributed by atoms with van der Waals surface area (Å²) in [6, 6.07) is 3.77. The van der Waals surface area contributed by atoms with E-state index in [9.17, 15) is 15.0 Å². The van der Waals surface area contributed by atoms with E-state index >= 15 is 0 Å². The summed E-state index contributed by atoms with van der Waals surface area (Å²) in [6.45, 7) is 16.0. The van der Waals surface area contributed by atoms with Crippen molar-refractivity contribution < 1.29 is 15.0 Å². The van der Waals surface area contributed by atoms with E-state index in [1.807, 2.05) is 60.6 Å². The number of carboxylic acid groups (broad SMARTS) is 1. The Morgan fingerprint density at radius 3 is 1.61 bits per heavy atom. The zero-order valence-electron chi connectivity index (χ0n) is 15.9. The van der Waals surface area contributed by atoms with Crippen LogP contribution in [0.25, 0.3) is 0 Å². The topological polar surface area (TPSA) is 57.5 Å². The molecule has 0 fully saturated rings. The molecule has 0 saturated heterocycles. The quantitative estimate of drug-likeness (QED) is 0.808. The van der Waals surface area contributed by atoms with Crippen LogP contribution in [0.2, 0.25) is 0 Å². The molecule has 1 unspecified atom stereocenters. The summed E-state index contributed by atoms with van der Waals surface area (Å²) in [5.74, 6) is -0.525. The van der Waals surface area contributed by atoms with Crippen LogP contribution in [0.5, 0.6) is 5.75 Å². The Labute approximate surface area is 140 Å². The average Bonchev–Trinajstić information content (AvgIpc) is 2.35. The molecule has 2 N–H and O–H groups in total. The fourth-order valence-electron chi connectivity index (χ4n) is 2.97. The number of hydrogen-bond acceptors (Lipinski definition) is 2. The molecule has 0 aliphatic carbocycles. The smallest absolute Gasteiger partial charge is 0.313 e. The van der Waals surface area contributed by atoms with E-state index < -0.39 is 11.4 Å². The summed E-state index contributed by atoms with van der Waals surface area (Å²) in [7, 11) is 0. The van der Waals surface area contributed by atoms with Gasteiger partial charge < -0.3 is 10.2 Å². The molecule has 0 amide bonds. The number of benzene rings is 1. The number of aliphatic carboxylic acids is 1. The number of carboxylic acids is 1. The second kappa shape index (κ2) is 6.18. The van der Waals surface area contributed by atoms with Gasteiger partial charge in [0.05, 0.1) is 5.41 Å². The first-order valence-electron chi connectivity index (χ1n) is 8.37. The van der Waals surface area contributed by atoms with Crippen molar-refractivity contribution in [1.82, 2.24) is 0 Å². The molecule has 130 valence electrons. The van der Waals surface area contributed by atoms with E-state index in [1.54, 1.807) is 6.92 Å². The van der Waals surface area contributed by atoms with Crippen molar-refractivity contribution in [2.24, 2.45) is 0 Å². The molecule has 0 aliphatic rings. The minimum Gasteiger partial charge on any atom is -0.507 e. The van der Waals surface area contributed by atoms with Crippen LogP contribution >= 0.6 is 0 Å². The Kier molecular flexibility index (Phi) is 5.25. The predicted octanol–water partition coefficient (Wildman–Crippen LogP) is 5.13. The molecule has 0 saturated carbocycles. The van der Waals surface area contributed by atoms with E-state index in [0.717, 1.165) is 23.1 Å². The molecule has 1 aromatic carbocycles. The third kappa shape index (κ3) is 3.88. The van der Waals surface area contributed by atoms with Crippen molar-refractivity contribution in [2.45, 2.75) is 84.5 Å². The SMILES string of the molecule is CCCC(C)(C(=O)O)c1cc(C(C)(C)C)c(O)c(C(C)(C)C)c1. The van der Waals surface area contributed by atoms with Crippen molar-refractivity contribution in [3.63, 3.8) is 0 Å². The van der Waals surface area contributed by atoms with Crippen LogP contribution in [-0.4, -0.2) is 16.2 Å². The van der Waals surface area contributed by atoms with Gasteiger partial charge in [-0.25, -0.2) is 0 Å². The Morgan fingerprint density at radius 1 is 0.957 bits per heavy atom. The molecule has 0 aromatic heterocycles. The molecule has 0 heterocycles. The van der Waals surface area contributed by atoms with Crippen molar-refractivity contribution in [3.8, 4) is 5.75 Å². The zero-order chi connectivity index (χ0) is 18.2. The molecule has 3 heteroatoms. The summed E-state index contributed by atoms with van der Waals surface area (Å²) in [5.41, 5.74) is 0.936. The lowest BCUT2D eigenvalue weighted by atomic mass is 9.72. The van der Waals surface area contributed by atoms with Gasteiger partial charge in [0, 0.05) is 0 Å². The molecule has 0 radical (unpaired) electrons. The highest BCUT2D eigenvalue weighted by molar-refractivity contribution is 5.81. The highest BCUT2D eigenvalue weighted by Crippen LogP contribution is 2.43. The third-order valence-electron chi connectivity index (χ3n) is 4.59. The summed E-state index contributed by atoms with van der Waals surface area (Å²) in [5, 5.41) is 20.6. The third-order valence-corrected chi connectivity index (χ3v) is 4.59. The van der Waals surface area contributed by atoms with Crippen LogP contribution in [0, 0.1) is 0 Å². The number of phenols is 1. The Balaban J connectivity index is 3.78. The minimum atomic E-state index is -0.942. The summed E-state index contributed by atoms with van der Waals surface area (Å²) < 4.78 is 0. The van der Waals surface area contributed by atoms with E-state index in [4.69, 9.17) is 0 Å². The lowest BCUT2D eigenvalue weighted by Gasteiger charge is -2.32. The lowest BCUT2D eigenvalue weighted by molar-refractivity contribution is -0.143. The number of aromatic hydroxyl groups is 1. The van der Waals surface area contributed by atoms with Gasteiger partial charge in [-0.2, -0.15) is 0 Å². The summed E-state index contributed by atoms with van der Waals surface area (Å²) in [6.07, 6.45) is 1.36. The van der Waals surface area contributed by atoms with Crippen molar-refractivity contribution >= 4 is 5.97 Å². The van der Waals surface area contributed by atoms with E-state index in [1.165, 1.54) is 0 Å². The van der Waals surface area contributed by atoms with Crippen molar-refractivity contribution in [1.29, 1.82) is 0 Å². The molecule has 23 heavy (non-hydrogen) atoms. The summed E-state index contributed by atoms with van der Waals surface area (Å²) >= 11 is 0. The van der Waals surface area contributed by atoms with Crippen molar-refractivity contribution in [3.05, 3.63) is 28.8 Å². The highest BCUT2D eigenvalue weighted by atomic mass is 16.4. The molecule has 3 nitrogen and oxygen atoms in total. The summed E-state index contributed by atoms with van der Waals surface area (Å²) in [4.78, 5) is 12.0. The van der Waals surface area contributed by atoms with Gasteiger partial charge >= 0.3 is 5.97 Å². The van der Waals surface area contributed by atoms with Gasteiger partial charge in [-0.05, 0) is 40.9 Å². The number of rotatable bonds is 4. The van der Waals surface area contributed by atoms with Crippen LogP contribution in [-0.2, 0) is 21.0 Å². The van der Waals surface area contributed by atoms with Crippen LogP contribution in [0.3, 0.4) is 0 Å². The molecule has 0 spiro atoms. The van der Waals surface area contributed by atoms with Gasteiger partial charge in [0.25, 0.3) is 0 Å². The monoisotopic (exact) mass is 320 g/mol. The van der Waals surface area contributed by atoms with E-state index in [-0.39, 0.29) is 16.6 Å². The Hall–Kier alpha value is -1.51. The fraction of sp³-hybridized carbons (Fsp3) is 0.650. The number of hydrogen-bond donors (Lipinski definition) is 2.